The van der Waals surface area contributed by atoms with Crippen LogP contribution in [0.5, 0.6) is 5.75 Å². The Bertz CT molecular complexity index is 1080. The number of thiol groups is 1. The van der Waals surface area contributed by atoms with Gasteiger partial charge in [-0.05, 0) is 42.3 Å². The van der Waals surface area contributed by atoms with E-state index in [1.165, 1.54) is 13.2 Å². The molecule has 0 bridgehead atoms. The van der Waals surface area contributed by atoms with Gasteiger partial charge in [0, 0.05) is 35.6 Å². The van der Waals surface area contributed by atoms with Gasteiger partial charge in [-0.2, -0.15) is 0 Å². The molecule has 8 heteroatoms. The highest BCUT2D eigenvalue weighted by atomic mass is 32.2. The quantitative estimate of drug-likeness (QED) is 0.688. The fourth-order valence-corrected chi connectivity index (χ4v) is 3.70. The summed E-state index contributed by atoms with van der Waals surface area (Å²) in [6, 6.07) is 10.3. The van der Waals surface area contributed by atoms with Crippen molar-refractivity contribution in [2.24, 2.45) is 0 Å². The number of fused-ring (bicyclic) bond motifs is 2. The number of rotatable bonds is 4. The molecule has 0 atom stereocenters. The molecular weight excluding hydrogens is 357 g/mol. The highest BCUT2D eigenvalue weighted by Crippen LogP contribution is 2.39. The molecule has 0 saturated carbocycles. The van der Waals surface area contributed by atoms with E-state index in [1.54, 1.807) is 18.3 Å². The van der Waals surface area contributed by atoms with Crippen molar-refractivity contribution in [3.63, 3.8) is 0 Å². The van der Waals surface area contributed by atoms with Gasteiger partial charge < -0.3 is 9.64 Å². The van der Waals surface area contributed by atoms with Crippen LogP contribution < -0.4 is 14.4 Å². The highest BCUT2D eigenvalue weighted by molar-refractivity contribution is 7.73. The minimum Gasteiger partial charge on any atom is -0.494 e. The number of hydrogen-bond acceptors (Lipinski definition) is 5. The number of aromatic nitrogens is 1. The number of methoxy groups -OCH3 is 1. The van der Waals surface area contributed by atoms with E-state index in [-0.39, 0.29) is 5.75 Å². The Morgan fingerprint density at radius 1 is 1.19 bits per heavy atom. The van der Waals surface area contributed by atoms with E-state index in [2.05, 4.69) is 14.6 Å². The number of hydrogen-bond donors (Lipinski definition) is 2. The molecule has 0 unspecified atom stereocenters. The van der Waals surface area contributed by atoms with E-state index in [9.17, 15) is 12.8 Å². The summed E-state index contributed by atoms with van der Waals surface area (Å²) in [6.07, 6.45) is 2.45. The monoisotopic (exact) mass is 373 g/mol. The Hall–Kier alpha value is -2.87. The van der Waals surface area contributed by atoms with Crippen molar-refractivity contribution in [2.75, 3.05) is 23.3 Å². The van der Waals surface area contributed by atoms with Gasteiger partial charge in [0.1, 0.15) is 0 Å². The standard InChI is InChI=1S/C18H16FN3O3S/c1-25-18-10-15-13(9-14(18)19)17(4-6-20-15)22-7-5-11-8-12(21-26(23)24)2-3-16(11)22/h2-4,6,8-10,26H,5,7H2,1H3,(H,21,23,24). The fourth-order valence-electron chi connectivity index (χ4n) is 3.35. The number of nitrogens with one attached hydrogen (secondary N) is 1. The second-order valence-electron chi connectivity index (χ2n) is 5.95. The van der Waals surface area contributed by atoms with Crippen LogP contribution in [0.25, 0.3) is 10.9 Å². The third kappa shape index (κ3) is 2.82. The first-order valence-corrected chi connectivity index (χ1v) is 9.18. The van der Waals surface area contributed by atoms with Gasteiger partial charge in [-0.15, -0.1) is 0 Å². The van der Waals surface area contributed by atoms with Crippen LogP contribution in [0, 0.1) is 5.82 Å². The van der Waals surface area contributed by atoms with Gasteiger partial charge in [-0.25, -0.2) is 12.8 Å². The molecule has 1 aromatic heterocycles. The number of ether oxygens (including phenoxy) is 1. The van der Waals surface area contributed by atoms with Crippen LogP contribution >= 0.6 is 0 Å². The zero-order chi connectivity index (χ0) is 18.3. The second-order valence-corrected chi connectivity index (χ2v) is 6.69. The number of benzene rings is 2. The van der Waals surface area contributed by atoms with Crippen LogP contribution in [-0.4, -0.2) is 27.1 Å². The van der Waals surface area contributed by atoms with Gasteiger partial charge in [0.2, 0.25) is 10.9 Å². The molecule has 0 fully saturated rings. The van der Waals surface area contributed by atoms with Gasteiger partial charge in [-0.1, -0.05) is 0 Å². The maximum absolute atomic E-state index is 14.2. The van der Waals surface area contributed by atoms with Crippen molar-refractivity contribution in [3.05, 3.63) is 54.0 Å². The normalized spacial score (nSPS) is 13.3. The third-order valence-corrected chi connectivity index (χ3v) is 4.92. The number of halogens is 1. The van der Waals surface area contributed by atoms with Crippen molar-refractivity contribution in [1.29, 1.82) is 0 Å². The molecule has 134 valence electrons. The first-order valence-electron chi connectivity index (χ1n) is 8.00. The van der Waals surface area contributed by atoms with Gasteiger partial charge in [0.25, 0.3) is 0 Å². The lowest BCUT2D eigenvalue weighted by Gasteiger charge is -2.21. The van der Waals surface area contributed by atoms with Gasteiger partial charge >= 0.3 is 0 Å². The van der Waals surface area contributed by atoms with Crippen LogP contribution in [0.1, 0.15) is 5.56 Å². The summed E-state index contributed by atoms with van der Waals surface area (Å²) in [5, 5.41) is 0.698. The molecule has 1 aliphatic heterocycles. The predicted octanol–water partition coefficient (Wildman–Crippen LogP) is 3.02. The van der Waals surface area contributed by atoms with Crippen LogP contribution in [0.3, 0.4) is 0 Å². The first-order chi connectivity index (χ1) is 12.6. The minimum absolute atomic E-state index is 0.159. The predicted molar refractivity (Wildman–Crippen MR) is 99.3 cm³/mol. The van der Waals surface area contributed by atoms with Crippen LogP contribution in [-0.2, 0) is 17.3 Å². The largest absolute Gasteiger partial charge is 0.494 e. The summed E-state index contributed by atoms with van der Waals surface area (Å²) in [6.45, 7) is 0.717. The average Bonchev–Trinajstić information content (AvgIpc) is 3.03. The average molecular weight is 373 g/mol. The lowest BCUT2D eigenvalue weighted by molar-refractivity contribution is 0.387. The lowest BCUT2D eigenvalue weighted by atomic mass is 10.1. The van der Waals surface area contributed by atoms with Crippen LogP contribution in [0.2, 0.25) is 0 Å². The van der Waals surface area contributed by atoms with E-state index >= 15 is 0 Å². The molecule has 4 rings (SSSR count). The highest BCUT2D eigenvalue weighted by Gasteiger charge is 2.23. The molecule has 26 heavy (non-hydrogen) atoms. The van der Waals surface area contributed by atoms with Gasteiger partial charge in [0.05, 0.1) is 18.3 Å². The van der Waals surface area contributed by atoms with E-state index < -0.39 is 16.7 Å². The van der Waals surface area contributed by atoms with Gasteiger partial charge in [0.15, 0.2) is 11.6 Å². The molecule has 0 radical (unpaired) electrons. The Labute approximate surface area is 151 Å². The molecular formula is C18H16FN3O3S. The first kappa shape index (κ1) is 16.6. The Kier molecular flexibility index (Phi) is 4.12. The topological polar surface area (TPSA) is 71.5 Å². The summed E-state index contributed by atoms with van der Waals surface area (Å²) in [7, 11) is -1.27. The van der Waals surface area contributed by atoms with Crippen LogP contribution in [0.4, 0.5) is 21.5 Å². The van der Waals surface area contributed by atoms with E-state index in [0.717, 1.165) is 29.9 Å². The zero-order valence-corrected chi connectivity index (χ0v) is 14.8. The Morgan fingerprint density at radius 3 is 2.81 bits per heavy atom. The van der Waals surface area contributed by atoms with Crippen molar-refractivity contribution in [3.8, 4) is 5.75 Å². The number of nitrogens with zero attached hydrogens (tertiary/aromatic N) is 2. The molecule has 0 spiro atoms. The van der Waals surface area contributed by atoms with Gasteiger partial charge in [-0.3, -0.25) is 9.71 Å². The van der Waals surface area contributed by atoms with Crippen molar-refractivity contribution in [1.82, 2.24) is 4.98 Å². The molecule has 2 heterocycles. The lowest BCUT2D eigenvalue weighted by Crippen LogP contribution is -2.14. The van der Waals surface area contributed by atoms with Crippen molar-refractivity contribution < 1.29 is 17.5 Å². The summed E-state index contributed by atoms with van der Waals surface area (Å²) in [5.41, 5.74) is 4.05. The minimum atomic E-state index is -2.70. The molecule has 2 aromatic carbocycles. The van der Waals surface area contributed by atoms with E-state index in [4.69, 9.17) is 4.74 Å². The number of anilines is 3. The van der Waals surface area contributed by atoms with E-state index in [0.29, 0.717) is 16.6 Å². The smallest absolute Gasteiger partial charge is 0.222 e. The van der Waals surface area contributed by atoms with Crippen molar-refractivity contribution in [2.45, 2.75) is 6.42 Å². The molecule has 0 saturated heterocycles. The van der Waals surface area contributed by atoms with E-state index in [1.807, 2.05) is 18.2 Å². The molecule has 0 amide bonds. The fraction of sp³-hybridized carbons (Fsp3) is 0.167. The maximum atomic E-state index is 14.2. The van der Waals surface area contributed by atoms with Crippen molar-refractivity contribution >= 4 is 38.9 Å². The zero-order valence-electron chi connectivity index (χ0n) is 13.9. The summed E-state index contributed by atoms with van der Waals surface area (Å²) in [5.74, 6) is -0.279. The molecule has 1 N–H and O–H groups in total. The Balaban J connectivity index is 1.80. The maximum Gasteiger partial charge on any atom is 0.222 e. The second kappa shape index (κ2) is 6.45. The molecule has 1 aliphatic rings. The molecule has 3 aromatic rings. The molecule has 0 aliphatic carbocycles. The number of pyridine rings is 1. The summed E-state index contributed by atoms with van der Waals surface area (Å²) in [4.78, 5) is 6.40. The summed E-state index contributed by atoms with van der Waals surface area (Å²) < 4.78 is 43.4. The third-order valence-electron chi connectivity index (χ3n) is 4.48. The van der Waals surface area contributed by atoms with Crippen LogP contribution in [0.15, 0.2) is 42.6 Å². The Morgan fingerprint density at radius 2 is 2.04 bits per heavy atom. The molecule has 6 nitrogen and oxygen atoms in total. The SMILES string of the molecule is COc1cc2nccc(N3CCc4cc(N[SH](=O)=O)ccc43)c2cc1F. The summed E-state index contributed by atoms with van der Waals surface area (Å²) >= 11 is 0.